The highest BCUT2D eigenvalue weighted by atomic mass is 127. The minimum absolute atomic E-state index is 0.0169. The number of aliphatic hydroxyl groups is 1. The van der Waals surface area contributed by atoms with Gasteiger partial charge in [0.25, 0.3) is 5.91 Å². The van der Waals surface area contributed by atoms with Gasteiger partial charge in [0.05, 0.1) is 13.1 Å². The Morgan fingerprint density at radius 2 is 1.80 bits per heavy atom. The quantitative estimate of drug-likeness (QED) is 0.552. The number of nitrogens with zero attached hydrogens (tertiary/aromatic N) is 2. The van der Waals surface area contributed by atoms with E-state index in [0.29, 0.717) is 10.1 Å². The van der Waals surface area contributed by atoms with E-state index >= 15 is 0 Å². The number of carbonyl (C=O) groups excluding carboxylic acids is 1. The van der Waals surface area contributed by atoms with Crippen molar-refractivity contribution >= 4 is 28.5 Å². The summed E-state index contributed by atoms with van der Waals surface area (Å²) in [4.78, 5) is 16.4. The molecule has 1 N–H and O–H groups in total. The Morgan fingerprint density at radius 1 is 1.13 bits per heavy atom. The summed E-state index contributed by atoms with van der Waals surface area (Å²) in [5.74, 6) is -3.28. The highest BCUT2D eigenvalue weighted by Crippen LogP contribution is 2.28. The minimum Gasteiger partial charge on any atom is -0.385 e. The number of rotatable bonds is 7. The van der Waals surface area contributed by atoms with Crippen molar-refractivity contribution in [3.63, 3.8) is 0 Å². The average Bonchev–Trinajstić information content (AvgIpc) is 2.69. The van der Waals surface area contributed by atoms with Crippen LogP contribution in [0, 0.1) is 21.0 Å². The third-order valence-corrected chi connectivity index (χ3v) is 6.15. The molecule has 1 aliphatic heterocycles. The normalized spacial score (nSPS) is 15.4. The molecule has 2 aromatic carbocycles. The minimum atomic E-state index is -1.15. The van der Waals surface area contributed by atoms with Gasteiger partial charge in [0.2, 0.25) is 0 Å². The zero-order chi connectivity index (χ0) is 22.1. The molecule has 4 nitrogen and oxygen atoms in total. The zero-order valence-electron chi connectivity index (χ0n) is 16.9. The molecule has 0 atom stereocenters. The summed E-state index contributed by atoms with van der Waals surface area (Å²) in [6, 6.07) is 6.60. The van der Waals surface area contributed by atoms with Crippen molar-refractivity contribution in [2.45, 2.75) is 25.9 Å². The molecule has 1 amide bonds. The first kappa shape index (κ1) is 23.0. The molecule has 0 aromatic heterocycles. The second-order valence-electron chi connectivity index (χ2n) is 7.65. The molecule has 2 aromatic rings. The van der Waals surface area contributed by atoms with Crippen molar-refractivity contribution < 1.29 is 23.1 Å². The highest BCUT2D eigenvalue weighted by molar-refractivity contribution is 14.1. The van der Waals surface area contributed by atoms with Crippen LogP contribution >= 0.6 is 22.6 Å². The van der Waals surface area contributed by atoms with Crippen molar-refractivity contribution in [3.05, 3.63) is 68.0 Å². The maximum absolute atomic E-state index is 14.6. The monoisotopic (exact) mass is 532 g/mol. The molecule has 0 unspecified atom stereocenters. The van der Waals surface area contributed by atoms with Gasteiger partial charge < -0.3 is 14.9 Å². The van der Waals surface area contributed by atoms with Gasteiger partial charge in [-0.2, -0.15) is 0 Å². The third-order valence-electron chi connectivity index (χ3n) is 5.48. The molecule has 162 valence electrons. The predicted octanol–water partition coefficient (Wildman–Crippen LogP) is 3.83. The second kappa shape index (κ2) is 9.23. The topological polar surface area (TPSA) is 43.8 Å². The van der Waals surface area contributed by atoms with Gasteiger partial charge >= 0.3 is 0 Å². The van der Waals surface area contributed by atoms with Gasteiger partial charge in [0, 0.05) is 27.7 Å². The lowest BCUT2D eigenvalue weighted by molar-refractivity contribution is -0.0966. The van der Waals surface area contributed by atoms with Gasteiger partial charge in [0.15, 0.2) is 11.6 Å². The Morgan fingerprint density at radius 3 is 2.40 bits per heavy atom. The van der Waals surface area contributed by atoms with Gasteiger partial charge in [-0.25, -0.2) is 13.2 Å². The summed E-state index contributed by atoms with van der Waals surface area (Å²) in [5.41, 5.74) is -1.05. The molecule has 1 saturated heterocycles. The fourth-order valence-electron chi connectivity index (χ4n) is 3.76. The molecule has 1 heterocycles. The van der Waals surface area contributed by atoms with Crippen LogP contribution in [0.25, 0.3) is 0 Å². The van der Waals surface area contributed by atoms with Crippen LogP contribution in [0.5, 0.6) is 0 Å². The van der Waals surface area contributed by atoms with E-state index in [1.165, 1.54) is 23.1 Å². The number of β-amino-alcohol motifs (C(OH)–C–C–N with tert-alkyl or cyclic N) is 1. The van der Waals surface area contributed by atoms with Crippen LogP contribution < -0.4 is 0 Å². The smallest absolute Gasteiger partial charge is 0.254 e. The van der Waals surface area contributed by atoms with Gasteiger partial charge in [0.1, 0.15) is 11.4 Å². The number of amides is 1. The van der Waals surface area contributed by atoms with Crippen LogP contribution in [0.4, 0.5) is 13.2 Å². The molecule has 0 aliphatic carbocycles. The second-order valence-corrected chi connectivity index (χ2v) is 8.89. The van der Waals surface area contributed by atoms with E-state index in [9.17, 15) is 23.1 Å². The van der Waals surface area contributed by atoms with Gasteiger partial charge in [-0.3, -0.25) is 4.79 Å². The average molecular weight is 532 g/mol. The van der Waals surface area contributed by atoms with Crippen LogP contribution in [-0.2, 0) is 6.42 Å². The Bertz CT molecular complexity index is 944. The van der Waals surface area contributed by atoms with Crippen molar-refractivity contribution in [2.24, 2.45) is 0 Å². The molecule has 0 bridgehead atoms. The molecule has 0 saturated carbocycles. The lowest BCUT2D eigenvalue weighted by Gasteiger charge is -2.48. The molecule has 1 aliphatic rings. The van der Waals surface area contributed by atoms with Gasteiger partial charge in [-0.1, -0.05) is 19.9 Å². The number of likely N-dealkylation sites (N-methyl/N-ethyl adjacent to an activating group) is 1. The lowest BCUT2D eigenvalue weighted by Crippen LogP contribution is -2.67. The molecule has 3 rings (SSSR count). The van der Waals surface area contributed by atoms with Crippen LogP contribution in [0.15, 0.2) is 30.3 Å². The first-order valence-electron chi connectivity index (χ1n) is 9.82. The van der Waals surface area contributed by atoms with Crippen molar-refractivity contribution in [3.8, 4) is 0 Å². The summed E-state index contributed by atoms with van der Waals surface area (Å²) in [6.07, 6.45) is -0.245. The van der Waals surface area contributed by atoms with E-state index < -0.39 is 29.0 Å². The lowest BCUT2D eigenvalue weighted by atomic mass is 9.90. The zero-order valence-corrected chi connectivity index (χ0v) is 19.0. The standard InChI is InChI=1S/C22H24F3IN2O2/c1-3-27(4-2)11-22(30)12-28(13-22)21(29)16-7-8-18(23)20(25)17(16)9-14-5-6-15(26)10-19(14)24/h5-8,10,30H,3-4,9,11-13H2,1-2H3. The number of hydrogen-bond donors (Lipinski definition) is 1. The summed E-state index contributed by atoms with van der Waals surface area (Å²) in [7, 11) is 0. The summed E-state index contributed by atoms with van der Waals surface area (Å²) >= 11 is 1.96. The Balaban J connectivity index is 1.83. The molecule has 30 heavy (non-hydrogen) atoms. The van der Waals surface area contributed by atoms with Crippen molar-refractivity contribution in [1.29, 1.82) is 0 Å². The Kier molecular flexibility index (Phi) is 7.09. The number of hydrogen-bond acceptors (Lipinski definition) is 3. The molecular formula is C22H24F3IN2O2. The van der Waals surface area contributed by atoms with E-state index in [2.05, 4.69) is 4.90 Å². The maximum atomic E-state index is 14.6. The van der Waals surface area contributed by atoms with Crippen LogP contribution in [-0.4, -0.2) is 59.1 Å². The van der Waals surface area contributed by atoms with Crippen molar-refractivity contribution in [2.75, 3.05) is 32.7 Å². The maximum Gasteiger partial charge on any atom is 0.254 e. The van der Waals surface area contributed by atoms with Gasteiger partial charge in [-0.05, 0) is 65.5 Å². The fraction of sp³-hybridized carbons (Fsp3) is 0.409. The summed E-state index contributed by atoms with van der Waals surface area (Å²) < 4.78 is 43.4. The molecule has 1 fully saturated rings. The van der Waals surface area contributed by atoms with Crippen LogP contribution in [0.1, 0.15) is 35.3 Å². The first-order chi connectivity index (χ1) is 14.2. The summed E-state index contributed by atoms with van der Waals surface area (Å²) in [6.45, 7) is 6.19. The van der Waals surface area contributed by atoms with E-state index in [0.717, 1.165) is 19.2 Å². The third kappa shape index (κ3) is 4.81. The van der Waals surface area contributed by atoms with E-state index in [4.69, 9.17) is 0 Å². The Hall–Kier alpha value is -1.65. The van der Waals surface area contributed by atoms with E-state index in [1.807, 2.05) is 36.4 Å². The van der Waals surface area contributed by atoms with Gasteiger partial charge in [-0.15, -0.1) is 0 Å². The number of halogens is 4. The Labute approximate surface area is 187 Å². The van der Waals surface area contributed by atoms with Crippen LogP contribution in [0.3, 0.4) is 0 Å². The largest absolute Gasteiger partial charge is 0.385 e. The number of benzene rings is 2. The molecule has 0 radical (unpaired) electrons. The predicted molar refractivity (Wildman–Crippen MR) is 117 cm³/mol. The van der Waals surface area contributed by atoms with Crippen molar-refractivity contribution in [1.82, 2.24) is 9.80 Å². The van der Waals surface area contributed by atoms with Crippen LogP contribution in [0.2, 0.25) is 0 Å². The van der Waals surface area contributed by atoms with E-state index in [1.54, 1.807) is 6.07 Å². The number of carbonyl (C=O) groups is 1. The molecule has 0 spiro atoms. The highest BCUT2D eigenvalue weighted by Gasteiger charge is 2.45. The SMILES string of the molecule is CCN(CC)CC1(O)CN(C(=O)c2ccc(F)c(F)c2Cc2ccc(I)cc2F)C1. The van der Waals surface area contributed by atoms with E-state index in [-0.39, 0.29) is 36.2 Å². The summed E-state index contributed by atoms with van der Waals surface area (Å²) in [5, 5.41) is 10.7. The first-order valence-corrected chi connectivity index (χ1v) is 10.9. The molecule has 8 heteroatoms. The number of likely N-dealkylation sites (tertiary alicyclic amines) is 1. The molecular weight excluding hydrogens is 508 g/mol. The fourth-order valence-corrected chi connectivity index (χ4v) is 4.22.